The summed E-state index contributed by atoms with van der Waals surface area (Å²) in [6.45, 7) is 3.21. The Morgan fingerprint density at radius 2 is 1.78 bits per heavy atom. The van der Waals surface area contributed by atoms with E-state index in [0.29, 0.717) is 12.2 Å². The second-order valence-electron chi connectivity index (χ2n) is 6.67. The molecular formula is C20H22N6O. The van der Waals surface area contributed by atoms with Crippen LogP contribution in [0.15, 0.2) is 54.9 Å². The van der Waals surface area contributed by atoms with Crippen molar-refractivity contribution < 1.29 is 4.79 Å². The van der Waals surface area contributed by atoms with Gasteiger partial charge < -0.3 is 10.2 Å². The van der Waals surface area contributed by atoms with Gasteiger partial charge in [-0.3, -0.25) is 9.48 Å². The third kappa shape index (κ3) is 4.31. The largest absolute Gasteiger partial charge is 0.355 e. The molecule has 0 spiro atoms. The van der Waals surface area contributed by atoms with E-state index in [0.717, 1.165) is 36.6 Å². The maximum absolute atomic E-state index is 12.3. The highest BCUT2D eigenvalue weighted by atomic mass is 16.1. The number of hydrogen-bond acceptors (Lipinski definition) is 5. The van der Waals surface area contributed by atoms with E-state index < -0.39 is 0 Å². The summed E-state index contributed by atoms with van der Waals surface area (Å²) in [4.78, 5) is 14.5. The maximum Gasteiger partial charge on any atom is 0.272 e. The van der Waals surface area contributed by atoms with E-state index in [1.165, 1.54) is 12.8 Å². The number of benzene rings is 1. The quantitative estimate of drug-likeness (QED) is 0.728. The molecule has 3 heterocycles. The SMILES string of the molecule is O=C(NCc1ccc(Cn2cccn2)cc1)c1ccc(N2CCCC2)nn1. The van der Waals surface area contributed by atoms with Gasteiger partial charge in [-0.2, -0.15) is 5.10 Å². The number of carbonyl (C=O) groups is 1. The zero-order chi connectivity index (χ0) is 18.5. The normalized spacial score (nSPS) is 13.7. The highest BCUT2D eigenvalue weighted by molar-refractivity contribution is 5.92. The average molecular weight is 362 g/mol. The minimum atomic E-state index is -0.212. The first kappa shape index (κ1) is 17.2. The molecule has 0 saturated carbocycles. The monoisotopic (exact) mass is 362 g/mol. The lowest BCUT2D eigenvalue weighted by molar-refractivity contribution is 0.0945. The Balaban J connectivity index is 1.30. The third-order valence-electron chi connectivity index (χ3n) is 4.69. The van der Waals surface area contributed by atoms with Gasteiger partial charge in [0.25, 0.3) is 5.91 Å². The third-order valence-corrected chi connectivity index (χ3v) is 4.69. The van der Waals surface area contributed by atoms with Crippen LogP contribution in [0.25, 0.3) is 0 Å². The van der Waals surface area contributed by atoms with Crippen LogP contribution in [0.4, 0.5) is 5.82 Å². The molecule has 0 atom stereocenters. The number of nitrogens with one attached hydrogen (secondary N) is 1. The Bertz CT molecular complexity index is 868. The van der Waals surface area contributed by atoms with Crippen molar-refractivity contribution in [1.82, 2.24) is 25.3 Å². The number of anilines is 1. The predicted molar refractivity (Wildman–Crippen MR) is 102 cm³/mol. The van der Waals surface area contributed by atoms with Crippen LogP contribution in [0.1, 0.15) is 34.5 Å². The molecule has 0 unspecified atom stereocenters. The number of rotatable bonds is 6. The number of carbonyl (C=O) groups excluding carboxylic acids is 1. The second kappa shape index (κ2) is 7.99. The Morgan fingerprint density at radius 3 is 2.44 bits per heavy atom. The van der Waals surface area contributed by atoms with E-state index in [2.05, 4.69) is 25.5 Å². The molecule has 7 heteroatoms. The van der Waals surface area contributed by atoms with Crippen molar-refractivity contribution in [2.24, 2.45) is 0 Å². The fourth-order valence-corrected chi connectivity index (χ4v) is 3.18. The van der Waals surface area contributed by atoms with Crippen molar-refractivity contribution in [2.45, 2.75) is 25.9 Å². The molecule has 1 amide bonds. The number of aromatic nitrogens is 4. The molecule has 138 valence electrons. The Morgan fingerprint density at radius 1 is 1.00 bits per heavy atom. The van der Waals surface area contributed by atoms with E-state index in [-0.39, 0.29) is 5.91 Å². The topological polar surface area (TPSA) is 75.9 Å². The van der Waals surface area contributed by atoms with Gasteiger partial charge in [-0.15, -0.1) is 10.2 Å². The first-order chi connectivity index (χ1) is 13.3. The summed E-state index contributed by atoms with van der Waals surface area (Å²) in [7, 11) is 0. The molecule has 3 aromatic rings. The molecule has 0 radical (unpaired) electrons. The van der Waals surface area contributed by atoms with Crippen LogP contribution < -0.4 is 10.2 Å². The molecule has 7 nitrogen and oxygen atoms in total. The molecule has 0 aliphatic carbocycles. The van der Waals surface area contributed by atoms with Gasteiger partial charge in [0.15, 0.2) is 11.5 Å². The second-order valence-corrected chi connectivity index (χ2v) is 6.67. The van der Waals surface area contributed by atoms with Gasteiger partial charge in [-0.1, -0.05) is 24.3 Å². The Hall–Kier alpha value is -3.22. The molecule has 1 aliphatic heterocycles. The molecule has 2 aromatic heterocycles. The molecule has 1 aromatic carbocycles. The van der Waals surface area contributed by atoms with Crippen LogP contribution in [0.3, 0.4) is 0 Å². The molecule has 1 N–H and O–H groups in total. The summed E-state index contributed by atoms with van der Waals surface area (Å²) in [5.74, 6) is 0.632. The summed E-state index contributed by atoms with van der Waals surface area (Å²) in [5, 5.41) is 15.4. The minimum Gasteiger partial charge on any atom is -0.355 e. The summed E-state index contributed by atoms with van der Waals surface area (Å²) in [6.07, 6.45) is 6.07. The highest BCUT2D eigenvalue weighted by Gasteiger charge is 2.15. The van der Waals surface area contributed by atoms with Gasteiger partial charge in [0.1, 0.15) is 0 Å². The minimum absolute atomic E-state index is 0.212. The summed E-state index contributed by atoms with van der Waals surface area (Å²) in [5.41, 5.74) is 2.54. The van der Waals surface area contributed by atoms with E-state index in [1.54, 1.807) is 12.3 Å². The van der Waals surface area contributed by atoms with Gasteiger partial charge in [0, 0.05) is 32.0 Å². The van der Waals surface area contributed by atoms with Crippen LogP contribution in [0.5, 0.6) is 0 Å². The van der Waals surface area contributed by atoms with Crippen LogP contribution in [-0.4, -0.2) is 39.0 Å². The van der Waals surface area contributed by atoms with Gasteiger partial charge in [-0.05, 0) is 42.2 Å². The maximum atomic E-state index is 12.3. The van der Waals surface area contributed by atoms with Crippen molar-refractivity contribution in [2.75, 3.05) is 18.0 Å². The van der Waals surface area contributed by atoms with Crippen molar-refractivity contribution in [1.29, 1.82) is 0 Å². The zero-order valence-electron chi connectivity index (χ0n) is 15.1. The van der Waals surface area contributed by atoms with Crippen molar-refractivity contribution >= 4 is 11.7 Å². The molecule has 1 fully saturated rings. The summed E-state index contributed by atoms with van der Waals surface area (Å²) in [6, 6.07) is 13.6. The summed E-state index contributed by atoms with van der Waals surface area (Å²) >= 11 is 0. The highest BCUT2D eigenvalue weighted by Crippen LogP contribution is 2.16. The Kier molecular flexibility index (Phi) is 5.09. The van der Waals surface area contributed by atoms with Gasteiger partial charge in [0.2, 0.25) is 0 Å². The van der Waals surface area contributed by atoms with E-state index in [9.17, 15) is 4.79 Å². The fourth-order valence-electron chi connectivity index (χ4n) is 3.18. The van der Waals surface area contributed by atoms with Crippen molar-refractivity contribution in [3.63, 3.8) is 0 Å². The van der Waals surface area contributed by atoms with Crippen molar-refractivity contribution in [3.8, 4) is 0 Å². The lowest BCUT2D eigenvalue weighted by Gasteiger charge is -2.15. The number of nitrogens with zero attached hydrogens (tertiary/aromatic N) is 5. The first-order valence-corrected chi connectivity index (χ1v) is 9.20. The van der Waals surface area contributed by atoms with Crippen LogP contribution >= 0.6 is 0 Å². The van der Waals surface area contributed by atoms with Gasteiger partial charge in [-0.25, -0.2) is 0 Å². The van der Waals surface area contributed by atoms with Gasteiger partial charge >= 0.3 is 0 Å². The van der Waals surface area contributed by atoms with Crippen LogP contribution in [-0.2, 0) is 13.1 Å². The van der Waals surface area contributed by atoms with Crippen LogP contribution in [0.2, 0.25) is 0 Å². The van der Waals surface area contributed by atoms with E-state index in [4.69, 9.17) is 0 Å². The average Bonchev–Trinajstić information content (AvgIpc) is 3.42. The van der Waals surface area contributed by atoms with Crippen LogP contribution in [0, 0.1) is 0 Å². The summed E-state index contributed by atoms with van der Waals surface area (Å²) < 4.78 is 1.88. The standard InChI is InChI=1S/C20H22N6O/c27-20(18-8-9-19(24-23-18)25-11-1-2-12-25)21-14-16-4-6-17(7-5-16)15-26-13-3-10-22-26/h3-10,13H,1-2,11-12,14-15H2,(H,21,27). The lowest BCUT2D eigenvalue weighted by Crippen LogP contribution is -2.25. The van der Waals surface area contributed by atoms with E-state index >= 15 is 0 Å². The molecular weight excluding hydrogens is 340 g/mol. The molecule has 0 bridgehead atoms. The fraction of sp³-hybridized carbons (Fsp3) is 0.300. The number of hydrogen-bond donors (Lipinski definition) is 1. The van der Waals surface area contributed by atoms with E-state index in [1.807, 2.05) is 47.3 Å². The molecule has 1 aliphatic rings. The molecule has 1 saturated heterocycles. The molecule has 4 rings (SSSR count). The van der Waals surface area contributed by atoms with Gasteiger partial charge in [0.05, 0.1) is 6.54 Å². The van der Waals surface area contributed by atoms with Crippen molar-refractivity contribution in [3.05, 3.63) is 71.7 Å². The first-order valence-electron chi connectivity index (χ1n) is 9.20. The lowest BCUT2D eigenvalue weighted by atomic mass is 10.1. The zero-order valence-corrected chi connectivity index (χ0v) is 15.1. The molecule has 27 heavy (non-hydrogen) atoms. The predicted octanol–water partition coefficient (Wildman–Crippen LogP) is 2.25. The number of amides is 1. The smallest absolute Gasteiger partial charge is 0.272 e. The Labute approximate surface area is 158 Å².